The summed E-state index contributed by atoms with van der Waals surface area (Å²) >= 11 is 0. The molecule has 18 heavy (non-hydrogen) atoms. The lowest BCUT2D eigenvalue weighted by Crippen LogP contribution is -2.31. The molecule has 5 N–H and O–H groups in total. The van der Waals surface area contributed by atoms with E-state index in [2.05, 4.69) is 4.74 Å². The van der Waals surface area contributed by atoms with Crippen LogP contribution in [-0.2, 0) is 19.1 Å². The lowest BCUT2D eigenvalue weighted by Gasteiger charge is -2.07. The van der Waals surface area contributed by atoms with E-state index in [1.807, 2.05) is 13.8 Å². The molecule has 1 aliphatic heterocycles. The monoisotopic (exact) mass is 263 g/mol. The molecule has 0 amide bonds. The van der Waals surface area contributed by atoms with Gasteiger partial charge in [0.05, 0.1) is 0 Å². The van der Waals surface area contributed by atoms with Crippen molar-refractivity contribution in [2.75, 3.05) is 0 Å². The van der Waals surface area contributed by atoms with Crippen molar-refractivity contribution < 1.29 is 34.4 Å². The van der Waals surface area contributed by atoms with E-state index in [1.165, 1.54) is 0 Å². The molecule has 2 unspecified atom stereocenters. The van der Waals surface area contributed by atoms with E-state index in [0.717, 1.165) is 0 Å². The summed E-state index contributed by atoms with van der Waals surface area (Å²) in [5.41, 5.74) is 5.22. The number of hydrogen-bond acceptors (Lipinski definition) is 5. The average Bonchev–Trinajstić information content (AvgIpc) is 2.96. The fourth-order valence-electron chi connectivity index (χ4n) is 1.10. The molecule has 0 aromatic rings. The Bertz CT molecular complexity index is 310. The fraction of sp³-hybridized carbons (Fsp3) is 0.700. The van der Waals surface area contributed by atoms with Gasteiger partial charge in [-0.2, -0.15) is 0 Å². The average molecular weight is 263 g/mol. The van der Waals surface area contributed by atoms with Gasteiger partial charge in [0.1, 0.15) is 6.04 Å². The van der Waals surface area contributed by atoms with Gasteiger partial charge in [-0.25, -0.2) is 9.59 Å². The van der Waals surface area contributed by atoms with Gasteiger partial charge in [-0.15, -0.1) is 0 Å². The van der Waals surface area contributed by atoms with Gasteiger partial charge in [-0.1, -0.05) is 13.8 Å². The number of rotatable bonds is 5. The molecular weight excluding hydrogens is 246 g/mol. The van der Waals surface area contributed by atoms with Crippen molar-refractivity contribution in [1.82, 2.24) is 0 Å². The first kappa shape index (κ1) is 16.3. The molecular formula is C10H17NO7. The van der Waals surface area contributed by atoms with Crippen LogP contribution in [0.25, 0.3) is 0 Å². The smallest absolute Gasteiger partial charge is 0.336 e. The lowest BCUT2D eigenvalue weighted by molar-refractivity contribution is -0.140. The van der Waals surface area contributed by atoms with Crippen molar-refractivity contribution in [2.24, 2.45) is 11.7 Å². The predicted octanol–water partition coefficient (Wildman–Crippen LogP) is -0.633. The number of hydrogen-bond donors (Lipinski definition) is 4. The standard InChI is InChI=1S/C6H13NO2.C4H4O5/c1-4(2)3-5(7)6(8)9;5-3(6)1-2(9-1)4(7)8/h4-5H,3,7H2,1-2H3,(H,8,9);1-2H,(H,5,6)(H,7,8)/t5-;/m0./s1. The Morgan fingerprint density at radius 2 is 1.50 bits per heavy atom. The van der Waals surface area contributed by atoms with Crippen LogP contribution in [-0.4, -0.2) is 51.5 Å². The summed E-state index contributed by atoms with van der Waals surface area (Å²) in [5, 5.41) is 24.5. The van der Waals surface area contributed by atoms with E-state index < -0.39 is 36.2 Å². The summed E-state index contributed by atoms with van der Waals surface area (Å²) in [6, 6.07) is -0.690. The van der Waals surface area contributed by atoms with Gasteiger partial charge in [-0.05, 0) is 12.3 Å². The van der Waals surface area contributed by atoms with Crippen molar-refractivity contribution in [1.29, 1.82) is 0 Å². The van der Waals surface area contributed by atoms with Gasteiger partial charge < -0.3 is 25.8 Å². The molecule has 1 heterocycles. The van der Waals surface area contributed by atoms with Gasteiger partial charge >= 0.3 is 17.9 Å². The number of epoxide rings is 1. The second kappa shape index (κ2) is 6.92. The minimum atomic E-state index is -1.22. The number of aliphatic carboxylic acids is 3. The number of ether oxygens (including phenoxy) is 1. The zero-order valence-electron chi connectivity index (χ0n) is 10.1. The maximum absolute atomic E-state index is 10.1. The molecule has 0 aliphatic carbocycles. The van der Waals surface area contributed by atoms with Crippen LogP contribution in [0.15, 0.2) is 0 Å². The van der Waals surface area contributed by atoms with Gasteiger partial charge in [0.15, 0.2) is 12.2 Å². The van der Waals surface area contributed by atoms with E-state index in [-0.39, 0.29) is 0 Å². The van der Waals surface area contributed by atoms with Crippen molar-refractivity contribution >= 4 is 17.9 Å². The molecule has 0 bridgehead atoms. The number of nitrogens with two attached hydrogens (primary N) is 1. The Morgan fingerprint density at radius 3 is 1.61 bits per heavy atom. The minimum Gasteiger partial charge on any atom is -0.480 e. The second-order valence-electron chi connectivity index (χ2n) is 4.23. The van der Waals surface area contributed by atoms with Crippen LogP contribution in [0.2, 0.25) is 0 Å². The van der Waals surface area contributed by atoms with Crippen LogP contribution in [0.1, 0.15) is 20.3 Å². The highest BCUT2D eigenvalue weighted by Gasteiger charge is 2.50. The van der Waals surface area contributed by atoms with E-state index in [1.54, 1.807) is 0 Å². The molecule has 1 rings (SSSR count). The van der Waals surface area contributed by atoms with E-state index in [9.17, 15) is 14.4 Å². The fourth-order valence-corrected chi connectivity index (χ4v) is 1.10. The second-order valence-corrected chi connectivity index (χ2v) is 4.23. The normalized spacial score (nSPS) is 22.7. The zero-order valence-corrected chi connectivity index (χ0v) is 10.1. The molecule has 3 atom stereocenters. The summed E-state index contributed by atoms with van der Waals surface area (Å²) in [5.74, 6) is -3.00. The number of carboxylic acids is 3. The summed E-state index contributed by atoms with van der Waals surface area (Å²) in [6.45, 7) is 3.89. The maximum Gasteiger partial charge on any atom is 0.336 e. The Morgan fingerprint density at radius 1 is 1.11 bits per heavy atom. The Labute approximate surface area is 103 Å². The number of carbonyl (C=O) groups is 3. The summed E-state index contributed by atoms with van der Waals surface area (Å²) < 4.78 is 4.24. The van der Waals surface area contributed by atoms with Crippen molar-refractivity contribution in [3.05, 3.63) is 0 Å². The molecule has 0 saturated carbocycles. The summed E-state index contributed by atoms with van der Waals surface area (Å²) in [6.07, 6.45) is -1.69. The third kappa shape index (κ3) is 6.16. The third-order valence-electron chi connectivity index (χ3n) is 2.02. The Hall–Kier alpha value is -1.67. The first-order chi connectivity index (χ1) is 8.16. The molecule has 0 aromatic heterocycles. The SMILES string of the molecule is CC(C)C[C@H](N)C(=O)O.O=C(O)C1OC1C(=O)O. The highest BCUT2D eigenvalue weighted by molar-refractivity contribution is 5.87. The summed E-state index contributed by atoms with van der Waals surface area (Å²) in [7, 11) is 0. The molecule has 1 fully saturated rings. The number of carboxylic acid groups (broad SMARTS) is 3. The topological polar surface area (TPSA) is 150 Å². The molecule has 8 heteroatoms. The van der Waals surface area contributed by atoms with Crippen molar-refractivity contribution in [2.45, 2.75) is 38.5 Å². The van der Waals surface area contributed by atoms with Gasteiger partial charge in [0.2, 0.25) is 0 Å². The lowest BCUT2D eigenvalue weighted by atomic mass is 10.1. The Balaban J connectivity index is 0.000000321. The Kier molecular flexibility index (Phi) is 6.28. The highest BCUT2D eigenvalue weighted by Crippen LogP contribution is 2.21. The van der Waals surface area contributed by atoms with Crippen LogP contribution in [0.4, 0.5) is 0 Å². The van der Waals surface area contributed by atoms with Crippen molar-refractivity contribution in [3.63, 3.8) is 0 Å². The van der Waals surface area contributed by atoms with Crippen molar-refractivity contribution in [3.8, 4) is 0 Å². The highest BCUT2D eigenvalue weighted by atomic mass is 16.6. The maximum atomic E-state index is 10.1. The van der Waals surface area contributed by atoms with Gasteiger partial charge in [0.25, 0.3) is 0 Å². The van der Waals surface area contributed by atoms with Crippen LogP contribution in [0.3, 0.4) is 0 Å². The molecule has 1 aliphatic rings. The summed E-state index contributed by atoms with van der Waals surface area (Å²) in [4.78, 5) is 29.9. The molecule has 0 radical (unpaired) electrons. The minimum absolute atomic E-state index is 0.357. The molecule has 0 aromatic carbocycles. The predicted molar refractivity (Wildman–Crippen MR) is 59.0 cm³/mol. The zero-order chi connectivity index (χ0) is 14.5. The largest absolute Gasteiger partial charge is 0.480 e. The molecule has 104 valence electrons. The molecule has 8 nitrogen and oxygen atoms in total. The van der Waals surface area contributed by atoms with Crippen LogP contribution < -0.4 is 5.73 Å². The third-order valence-corrected chi connectivity index (χ3v) is 2.02. The van der Waals surface area contributed by atoms with E-state index in [0.29, 0.717) is 12.3 Å². The van der Waals surface area contributed by atoms with Crippen LogP contribution in [0.5, 0.6) is 0 Å². The van der Waals surface area contributed by atoms with Crippen LogP contribution >= 0.6 is 0 Å². The van der Waals surface area contributed by atoms with Gasteiger partial charge in [-0.3, -0.25) is 4.79 Å². The van der Waals surface area contributed by atoms with E-state index in [4.69, 9.17) is 21.1 Å². The first-order valence-electron chi connectivity index (χ1n) is 5.26. The van der Waals surface area contributed by atoms with E-state index >= 15 is 0 Å². The first-order valence-corrected chi connectivity index (χ1v) is 5.26. The molecule has 1 saturated heterocycles. The quantitative estimate of drug-likeness (QED) is 0.478. The van der Waals surface area contributed by atoms with Crippen LogP contribution in [0, 0.1) is 5.92 Å². The molecule has 0 spiro atoms. The van der Waals surface area contributed by atoms with Gasteiger partial charge in [0, 0.05) is 0 Å².